The molecule has 0 saturated heterocycles. The van der Waals surface area contributed by atoms with E-state index < -0.39 is 0 Å². The minimum Gasteiger partial charge on any atom is -0.309 e. The summed E-state index contributed by atoms with van der Waals surface area (Å²) in [6.45, 7) is 0. The quantitative estimate of drug-likeness (QED) is 0.148. The first-order valence-electron chi connectivity index (χ1n) is 21.5. The first-order chi connectivity index (χ1) is 31.3. The van der Waals surface area contributed by atoms with Gasteiger partial charge in [0.25, 0.3) is 0 Å². The number of benzene rings is 10. The van der Waals surface area contributed by atoms with Crippen molar-refractivity contribution in [1.29, 1.82) is 0 Å². The van der Waals surface area contributed by atoms with E-state index >= 15 is 0 Å². The average molecular weight is 821 g/mol. The maximum Gasteiger partial charge on any atom is 0.0640 e. The molecule has 2 heterocycles. The first-order valence-corrected chi connectivity index (χ1v) is 22.3. The summed E-state index contributed by atoms with van der Waals surface area (Å²) in [5, 5.41) is 5.09. The van der Waals surface area contributed by atoms with Crippen molar-refractivity contribution in [3.8, 4) is 50.2 Å². The Bertz CT molecular complexity index is 3560. The van der Waals surface area contributed by atoms with Gasteiger partial charge in [0.05, 0.1) is 32.8 Å². The molecule has 0 unspecified atom stereocenters. The van der Waals surface area contributed by atoms with E-state index in [-0.39, 0.29) is 0 Å². The molecule has 63 heavy (non-hydrogen) atoms. The Kier molecular flexibility index (Phi) is 9.06. The molecule has 12 aromatic rings. The standard InChI is InChI=1S/C60H40N2S/c1-2-16-41(17-3-1)42-32-34-44(35-33-42)48-20-4-9-26-54(48)61(58-30-15-25-53-52-24-8-13-31-59(52)63-60(53)58)47-38-36-43(37-39-47)45-18-14-19-46(40-45)49-21-5-10-27-55(49)62-56-28-11-6-22-50(56)51-23-7-12-29-57(51)62/h1-40H. The second kappa shape index (κ2) is 15.5. The molecular formula is C60H40N2S. The van der Waals surface area contributed by atoms with Crippen LogP contribution in [0.5, 0.6) is 0 Å². The number of hydrogen-bond acceptors (Lipinski definition) is 2. The normalized spacial score (nSPS) is 11.5. The van der Waals surface area contributed by atoms with E-state index in [9.17, 15) is 0 Å². The number of nitrogens with zero attached hydrogens (tertiary/aromatic N) is 2. The van der Waals surface area contributed by atoms with Crippen LogP contribution >= 0.6 is 11.3 Å². The van der Waals surface area contributed by atoms with E-state index in [2.05, 4.69) is 252 Å². The van der Waals surface area contributed by atoms with Gasteiger partial charge in [-0.1, -0.05) is 188 Å². The average Bonchev–Trinajstić information content (AvgIpc) is 3.91. The van der Waals surface area contributed by atoms with Crippen molar-refractivity contribution in [2.45, 2.75) is 0 Å². The summed E-state index contributed by atoms with van der Waals surface area (Å²) >= 11 is 1.86. The van der Waals surface area contributed by atoms with Crippen LogP contribution in [-0.4, -0.2) is 4.57 Å². The fraction of sp³-hybridized carbons (Fsp3) is 0. The minimum atomic E-state index is 1.10. The van der Waals surface area contributed by atoms with Crippen LogP contribution in [0.15, 0.2) is 243 Å². The van der Waals surface area contributed by atoms with Gasteiger partial charge in [0, 0.05) is 43.1 Å². The van der Waals surface area contributed by atoms with Gasteiger partial charge in [-0.05, 0) is 88.0 Å². The zero-order valence-corrected chi connectivity index (χ0v) is 35.2. The van der Waals surface area contributed by atoms with Crippen LogP contribution in [0.4, 0.5) is 17.1 Å². The fourth-order valence-corrected chi connectivity index (χ4v) is 10.7. The van der Waals surface area contributed by atoms with Crippen molar-refractivity contribution in [1.82, 2.24) is 4.57 Å². The molecule has 296 valence electrons. The van der Waals surface area contributed by atoms with Gasteiger partial charge in [-0.25, -0.2) is 0 Å². The zero-order chi connectivity index (χ0) is 41.7. The second-order valence-electron chi connectivity index (χ2n) is 16.1. The van der Waals surface area contributed by atoms with Gasteiger partial charge in [0.15, 0.2) is 0 Å². The summed E-state index contributed by atoms with van der Waals surface area (Å²) in [4.78, 5) is 2.46. The van der Waals surface area contributed by atoms with E-state index in [0.29, 0.717) is 0 Å². The Morgan fingerprint density at radius 1 is 0.317 bits per heavy atom. The van der Waals surface area contributed by atoms with Gasteiger partial charge in [-0.15, -0.1) is 11.3 Å². The summed E-state index contributed by atoms with van der Waals surface area (Å²) in [5.74, 6) is 0. The molecule has 0 aliphatic rings. The molecule has 10 aromatic carbocycles. The van der Waals surface area contributed by atoms with Crippen LogP contribution in [0.1, 0.15) is 0 Å². The van der Waals surface area contributed by atoms with Gasteiger partial charge in [0.1, 0.15) is 0 Å². The molecule has 0 N–H and O–H groups in total. The van der Waals surface area contributed by atoms with Gasteiger partial charge in [-0.2, -0.15) is 0 Å². The molecule has 0 saturated carbocycles. The van der Waals surface area contributed by atoms with Crippen LogP contribution in [0.3, 0.4) is 0 Å². The number of thiophene rings is 1. The third kappa shape index (κ3) is 6.41. The SMILES string of the molecule is c1ccc(-c2ccc(-c3ccccc3N(c3ccc(-c4cccc(-c5ccccc5-n5c6ccccc6c6ccccc65)c4)cc3)c3cccc4c3sc3ccccc34)cc2)cc1. The Morgan fingerprint density at radius 2 is 0.825 bits per heavy atom. The highest BCUT2D eigenvalue weighted by Gasteiger charge is 2.22. The second-order valence-corrected chi connectivity index (χ2v) is 17.1. The molecule has 2 nitrogen and oxygen atoms in total. The van der Waals surface area contributed by atoms with Crippen LogP contribution in [0.2, 0.25) is 0 Å². The third-order valence-electron chi connectivity index (χ3n) is 12.4. The molecule has 0 amide bonds. The van der Waals surface area contributed by atoms with Crippen molar-refractivity contribution in [3.63, 3.8) is 0 Å². The zero-order valence-electron chi connectivity index (χ0n) is 34.4. The van der Waals surface area contributed by atoms with Crippen LogP contribution < -0.4 is 4.90 Å². The molecule has 3 heteroatoms. The van der Waals surface area contributed by atoms with Crippen molar-refractivity contribution < 1.29 is 0 Å². The van der Waals surface area contributed by atoms with Gasteiger partial charge in [0.2, 0.25) is 0 Å². The minimum absolute atomic E-state index is 1.10. The number of para-hydroxylation sites is 4. The largest absolute Gasteiger partial charge is 0.309 e. The molecule has 2 aromatic heterocycles. The lowest BCUT2D eigenvalue weighted by molar-refractivity contribution is 1.18. The molecule has 0 atom stereocenters. The highest BCUT2D eigenvalue weighted by atomic mass is 32.1. The van der Waals surface area contributed by atoms with Gasteiger partial charge < -0.3 is 9.47 Å². The highest BCUT2D eigenvalue weighted by molar-refractivity contribution is 7.26. The predicted molar refractivity (Wildman–Crippen MR) is 270 cm³/mol. The van der Waals surface area contributed by atoms with Crippen LogP contribution in [-0.2, 0) is 0 Å². The van der Waals surface area contributed by atoms with E-state index in [1.54, 1.807) is 0 Å². The maximum absolute atomic E-state index is 2.46. The first kappa shape index (κ1) is 36.8. The lowest BCUT2D eigenvalue weighted by Gasteiger charge is -2.28. The van der Waals surface area contributed by atoms with Crippen LogP contribution in [0.25, 0.3) is 92.2 Å². The van der Waals surface area contributed by atoms with E-state index in [0.717, 1.165) is 11.4 Å². The number of hydrogen-bond donors (Lipinski definition) is 0. The van der Waals surface area contributed by atoms with Gasteiger partial charge >= 0.3 is 0 Å². The van der Waals surface area contributed by atoms with Crippen LogP contribution in [0, 0.1) is 0 Å². The lowest BCUT2D eigenvalue weighted by atomic mass is 9.97. The van der Waals surface area contributed by atoms with E-state index in [4.69, 9.17) is 0 Å². The number of fused-ring (bicyclic) bond motifs is 6. The molecule has 12 rings (SSSR count). The maximum atomic E-state index is 2.46. The molecule has 0 spiro atoms. The summed E-state index contributed by atoms with van der Waals surface area (Å²) in [5.41, 5.74) is 16.5. The van der Waals surface area contributed by atoms with E-state index in [1.807, 2.05) is 11.3 Å². The smallest absolute Gasteiger partial charge is 0.0640 e. The summed E-state index contributed by atoms with van der Waals surface area (Å²) < 4.78 is 4.98. The van der Waals surface area contributed by atoms with Crippen molar-refractivity contribution in [2.24, 2.45) is 0 Å². The Hall–Kier alpha value is -7.98. The Labute approximate surface area is 370 Å². The monoisotopic (exact) mass is 820 g/mol. The molecule has 0 aliphatic carbocycles. The van der Waals surface area contributed by atoms with Crippen molar-refractivity contribution in [2.75, 3.05) is 4.90 Å². The summed E-state index contributed by atoms with van der Waals surface area (Å²) in [7, 11) is 0. The van der Waals surface area contributed by atoms with Gasteiger partial charge in [-0.3, -0.25) is 0 Å². The highest BCUT2D eigenvalue weighted by Crippen LogP contribution is 2.47. The molecular weight excluding hydrogens is 781 g/mol. The third-order valence-corrected chi connectivity index (χ3v) is 13.6. The Balaban J connectivity index is 0.967. The summed E-state index contributed by atoms with van der Waals surface area (Å²) in [6, 6.07) is 88.3. The molecule has 0 radical (unpaired) electrons. The van der Waals surface area contributed by atoms with E-state index in [1.165, 1.54) is 97.9 Å². The molecule has 0 aliphatic heterocycles. The fourth-order valence-electron chi connectivity index (χ4n) is 9.47. The lowest BCUT2D eigenvalue weighted by Crippen LogP contribution is -2.11. The number of rotatable bonds is 8. The number of anilines is 3. The number of aromatic nitrogens is 1. The molecule has 0 bridgehead atoms. The van der Waals surface area contributed by atoms with Crippen molar-refractivity contribution >= 4 is 70.4 Å². The topological polar surface area (TPSA) is 8.17 Å². The molecule has 0 fully saturated rings. The summed E-state index contributed by atoms with van der Waals surface area (Å²) in [6.07, 6.45) is 0. The Morgan fingerprint density at radius 3 is 1.60 bits per heavy atom. The predicted octanol–water partition coefficient (Wildman–Crippen LogP) is 17.3. The van der Waals surface area contributed by atoms with Crippen molar-refractivity contribution in [3.05, 3.63) is 243 Å².